The molecule has 0 aromatic carbocycles. The number of hydrogen-bond acceptors (Lipinski definition) is 4. The number of halogens is 3. The number of aromatic nitrogens is 3. The number of hydrogen-bond donors (Lipinski definition) is 1. The van der Waals surface area contributed by atoms with Crippen LogP contribution in [0.15, 0.2) is 24.4 Å². The largest absolute Gasteiger partial charge is 0.435 e. The Kier molecular flexibility index (Phi) is 4.65. The van der Waals surface area contributed by atoms with E-state index in [1.165, 1.54) is 7.05 Å². The third-order valence-corrected chi connectivity index (χ3v) is 4.12. The van der Waals surface area contributed by atoms with Gasteiger partial charge in [0, 0.05) is 44.5 Å². The van der Waals surface area contributed by atoms with Crippen LogP contribution in [0.5, 0.6) is 0 Å². The molecule has 1 saturated heterocycles. The fourth-order valence-electron chi connectivity index (χ4n) is 2.87. The van der Waals surface area contributed by atoms with Crippen molar-refractivity contribution >= 4 is 11.7 Å². The van der Waals surface area contributed by atoms with Crippen LogP contribution in [0.4, 0.5) is 19.0 Å². The van der Waals surface area contributed by atoms with Crippen molar-refractivity contribution in [1.29, 1.82) is 0 Å². The number of nitrogens with zero attached hydrogens (tertiary/aromatic N) is 4. The number of alkyl halides is 3. The van der Waals surface area contributed by atoms with Crippen molar-refractivity contribution in [1.82, 2.24) is 20.1 Å². The molecule has 1 N–H and O–H groups in total. The number of carbonyl (C=O) groups is 1. The van der Waals surface area contributed by atoms with E-state index in [0.717, 1.165) is 48.1 Å². The number of rotatable bonds is 4. The summed E-state index contributed by atoms with van der Waals surface area (Å²) in [5, 5.41) is 6.00. The average Bonchev–Trinajstić information content (AvgIpc) is 3.22. The number of anilines is 1. The molecule has 134 valence electrons. The molecule has 0 unspecified atom stereocenters. The minimum absolute atomic E-state index is 0.140. The summed E-state index contributed by atoms with van der Waals surface area (Å²) in [6, 6.07) is 4.37. The SMILES string of the molecule is Cn1nc(C(F)(F)F)cc1C(=O)NCc1cccnc1N1CCCC1. The Morgan fingerprint density at radius 1 is 1.32 bits per heavy atom. The van der Waals surface area contributed by atoms with E-state index < -0.39 is 17.8 Å². The summed E-state index contributed by atoms with van der Waals surface area (Å²) in [7, 11) is 1.31. The molecular formula is C16H18F3N5O. The third kappa shape index (κ3) is 3.75. The lowest BCUT2D eigenvalue weighted by Crippen LogP contribution is -2.27. The number of nitrogens with one attached hydrogen (secondary N) is 1. The minimum atomic E-state index is -4.58. The monoisotopic (exact) mass is 353 g/mol. The predicted molar refractivity (Wildman–Crippen MR) is 85.1 cm³/mol. The second-order valence-corrected chi connectivity index (χ2v) is 5.90. The van der Waals surface area contributed by atoms with Gasteiger partial charge in [-0.25, -0.2) is 4.98 Å². The highest BCUT2D eigenvalue weighted by Crippen LogP contribution is 2.28. The van der Waals surface area contributed by atoms with Crippen LogP contribution in [0.2, 0.25) is 0 Å². The molecule has 2 aromatic rings. The van der Waals surface area contributed by atoms with E-state index >= 15 is 0 Å². The summed E-state index contributed by atoms with van der Waals surface area (Å²) in [6.07, 6.45) is -0.701. The van der Waals surface area contributed by atoms with Crippen LogP contribution in [-0.2, 0) is 19.8 Å². The number of aryl methyl sites for hydroxylation is 1. The lowest BCUT2D eigenvalue weighted by atomic mass is 10.2. The van der Waals surface area contributed by atoms with Gasteiger partial charge >= 0.3 is 6.18 Å². The Labute approximate surface area is 142 Å². The molecule has 9 heteroatoms. The number of carbonyl (C=O) groups excluding carboxylic acids is 1. The molecule has 1 aliphatic heterocycles. The summed E-state index contributed by atoms with van der Waals surface area (Å²) < 4.78 is 39.0. The molecule has 2 aromatic heterocycles. The van der Waals surface area contributed by atoms with Crippen molar-refractivity contribution in [3.8, 4) is 0 Å². The minimum Gasteiger partial charge on any atom is -0.356 e. The topological polar surface area (TPSA) is 63.1 Å². The Morgan fingerprint density at radius 3 is 2.68 bits per heavy atom. The molecule has 3 rings (SSSR count). The summed E-state index contributed by atoms with van der Waals surface area (Å²) in [5.41, 5.74) is -0.394. The lowest BCUT2D eigenvalue weighted by molar-refractivity contribution is -0.141. The molecular weight excluding hydrogens is 335 g/mol. The van der Waals surface area contributed by atoms with Gasteiger partial charge in [-0.1, -0.05) is 6.07 Å². The van der Waals surface area contributed by atoms with E-state index in [1.807, 2.05) is 6.07 Å². The van der Waals surface area contributed by atoms with Crippen LogP contribution in [0.3, 0.4) is 0 Å². The van der Waals surface area contributed by atoms with Crippen molar-refractivity contribution < 1.29 is 18.0 Å². The van der Waals surface area contributed by atoms with Gasteiger partial charge in [-0.15, -0.1) is 0 Å². The zero-order valence-electron chi connectivity index (χ0n) is 13.7. The Morgan fingerprint density at radius 2 is 2.04 bits per heavy atom. The lowest BCUT2D eigenvalue weighted by Gasteiger charge is -2.19. The molecule has 1 fully saturated rings. The van der Waals surface area contributed by atoms with Crippen LogP contribution >= 0.6 is 0 Å². The average molecular weight is 353 g/mol. The Balaban J connectivity index is 1.72. The van der Waals surface area contributed by atoms with Gasteiger partial charge in [-0.3, -0.25) is 9.48 Å². The molecule has 0 radical (unpaired) electrons. The van der Waals surface area contributed by atoms with Crippen LogP contribution in [0.25, 0.3) is 0 Å². The molecule has 3 heterocycles. The molecule has 0 bridgehead atoms. The highest BCUT2D eigenvalue weighted by atomic mass is 19.4. The van der Waals surface area contributed by atoms with Crippen molar-refractivity contribution in [3.05, 3.63) is 41.3 Å². The molecule has 0 atom stereocenters. The second kappa shape index (κ2) is 6.73. The molecule has 0 saturated carbocycles. The van der Waals surface area contributed by atoms with E-state index in [0.29, 0.717) is 0 Å². The maximum atomic E-state index is 12.7. The molecule has 1 aliphatic rings. The van der Waals surface area contributed by atoms with Gasteiger partial charge in [0.1, 0.15) is 11.5 Å². The first-order chi connectivity index (χ1) is 11.9. The highest BCUT2D eigenvalue weighted by molar-refractivity contribution is 5.92. The van der Waals surface area contributed by atoms with E-state index in [9.17, 15) is 18.0 Å². The van der Waals surface area contributed by atoms with Crippen molar-refractivity contribution in [2.45, 2.75) is 25.6 Å². The fourth-order valence-corrected chi connectivity index (χ4v) is 2.87. The molecule has 0 aliphatic carbocycles. The highest BCUT2D eigenvalue weighted by Gasteiger charge is 2.35. The molecule has 1 amide bonds. The standard InChI is InChI=1S/C16H18F3N5O/c1-23-12(9-13(22-23)16(17,18)19)15(25)21-10-11-5-4-6-20-14(11)24-7-2-3-8-24/h4-6,9H,2-3,7-8,10H2,1H3,(H,21,25). The first-order valence-corrected chi connectivity index (χ1v) is 7.94. The maximum Gasteiger partial charge on any atom is 0.435 e. The van der Waals surface area contributed by atoms with Gasteiger partial charge in [0.2, 0.25) is 0 Å². The zero-order valence-corrected chi connectivity index (χ0v) is 13.7. The molecule has 25 heavy (non-hydrogen) atoms. The van der Waals surface area contributed by atoms with E-state index in [-0.39, 0.29) is 12.2 Å². The van der Waals surface area contributed by atoms with Gasteiger partial charge in [0.15, 0.2) is 5.69 Å². The van der Waals surface area contributed by atoms with Crippen molar-refractivity contribution in [2.24, 2.45) is 7.05 Å². The maximum absolute atomic E-state index is 12.7. The van der Waals surface area contributed by atoms with Crippen LogP contribution < -0.4 is 10.2 Å². The number of amides is 1. The Bertz CT molecular complexity index is 765. The smallest absolute Gasteiger partial charge is 0.356 e. The molecule has 6 nitrogen and oxygen atoms in total. The van der Waals surface area contributed by atoms with E-state index in [4.69, 9.17) is 0 Å². The van der Waals surface area contributed by atoms with Crippen LogP contribution in [-0.4, -0.2) is 33.8 Å². The predicted octanol–water partition coefficient (Wildman–Crippen LogP) is 2.36. The zero-order chi connectivity index (χ0) is 18.0. The summed E-state index contributed by atoms with van der Waals surface area (Å²) in [4.78, 5) is 18.8. The molecule has 0 spiro atoms. The second-order valence-electron chi connectivity index (χ2n) is 5.90. The van der Waals surface area contributed by atoms with E-state index in [1.54, 1.807) is 12.3 Å². The fraction of sp³-hybridized carbons (Fsp3) is 0.438. The van der Waals surface area contributed by atoms with Gasteiger partial charge < -0.3 is 10.2 Å². The van der Waals surface area contributed by atoms with Gasteiger partial charge in [-0.05, 0) is 18.9 Å². The normalized spacial score (nSPS) is 14.8. The van der Waals surface area contributed by atoms with Crippen molar-refractivity contribution in [3.63, 3.8) is 0 Å². The van der Waals surface area contributed by atoms with Gasteiger partial charge in [-0.2, -0.15) is 18.3 Å². The Hall–Kier alpha value is -2.58. The van der Waals surface area contributed by atoms with Crippen molar-refractivity contribution in [2.75, 3.05) is 18.0 Å². The van der Waals surface area contributed by atoms with Crippen LogP contribution in [0, 0.1) is 0 Å². The summed E-state index contributed by atoms with van der Waals surface area (Å²) in [6.45, 7) is 2.01. The quantitative estimate of drug-likeness (QED) is 0.917. The number of pyridine rings is 1. The first-order valence-electron chi connectivity index (χ1n) is 7.94. The first kappa shape index (κ1) is 17.2. The summed E-state index contributed by atoms with van der Waals surface area (Å²) >= 11 is 0. The summed E-state index contributed by atoms with van der Waals surface area (Å²) in [5.74, 6) is 0.197. The van der Waals surface area contributed by atoms with Gasteiger partial charge in [0.25, 0.3) is 5.91 Å². The van der Waals surface area contributed by atoms with Crippen LogP contribution in [0.1, 0.15) is 34.6 Å². The third-order valence-electron chi connectivity index (χ3n) is 4.12. The van der Waals surface area contributed by atoms with Gasteiger partial charge in [0.05, 0.1) is 0 Å². The van der Waals surface area contributed by atoms with E-state index in [2.05, 4.69) is 20.3 Å².